The summed E-state index contributed by atoms with van der Waals surface area (Å²) in [5, 5.41) is 15.1. The van der Waals surface area contributed by atoms with Gasteiger partial charge in [-0.05, 0) is 18.9 Å². The number of nitrogens with zero attached hydrogens (tertiary/aromatic N) is 2. The van der Waals surface area contributed by atoms with Gasteiger partial charge in [0.1, 0.15) is 0 Å². The Morgan fingerprint density at radius 1 is 1.41 bits per heavy atom. The molecule has 0 aliphatic heterocycles. The standard InChI is InChI=1S/C14H18N4O3S/c15-14(19)17-16-9-10-8-11(18(20)21)6-7-13(10)22-12-4-2-1-3-5-12/h6-9,12H,1-5H2,(H3,15,17,19). The van der Waals surface area contributed by atoms with Gasteiger partial charge in [-0.2, -0.15) is 5.10 Å². The van der Waals surface area contributed by atoms with Gasteiger partial charge in [0.2, 0.25) is 0 Å². The lowest BCUT2D eigenvalue weighted by molar-refractivity contribution is -0.384. The van der Waals surface area contributed by atoms with E-state index in [0.29, 0.717) is 10.8 Å². The molecule has 1 aliphatic rings. The summed E-state index contributed by atoms with van der Waals surface area (Å²) in [6.45, 7) is 0. The Balaban J connectivity index is 2.20. The first-order valence-corrected chi connectivity index (χ1v) is 7.98. The number of hydrogen-bond donors (Lipinski definition) is 2. The van der Waals surface area contributed by atoms with E-state index in [4.69, 9.17) is 5.73 Å². The Labute approximate surface area is 132 Å². The number of carbonyl (C=O) groups is 1. The van der Waals surface area contributed by atoms with Gasteiger partial charge in [-0.25, -0.2) is 10.2 Å². The lowest BCUT2D eigenvalue weighted by Crippen LogP contribution is -2.24. The van der Waals surface area contributed by atoms with E-state index in [1.165, 1.54) is 37.6 Å². The highest BCUT2D eigenvalue weighted by atomic mass is 32.2. The number of nitrogens with one attached hydrogen (secondary N) is 1. The second-order valence-corrected chi connectivity index (χ2v) is 6.43. The fraction of sp³-hybridized carbons (Fsp3) is 0.429. The van der Waals surface area contributed by atoms with Gasteiger partial charge in [0.15, 0.2) is 0 Å². The first kappa shape index (κ1) is 16.3. The topological polar surface area (TPSA) is 111 Å². The average Bonchev–Trinajstić information content (AvgIpc) is 2.49. The van der Waals surface area contributed by atoms with E-state index in [9.17, 15) is 14.9 Å². The van der Waals surface area contributed by atoms with Crippen LogP contribution in [0.5, 0.6) is 0 Å². The third kappa shape index (κ3) is 4.73. The smallest absolute Gasteiger partial charge is 0.332 e. The molecule has 1 fully saturated rings. The Kier molecular flexibility index (Phi) is 5.76. The molecule has 1 saturated carbocycles. The van der Waals surface area contributed by atoms with Crippen molar-refractivity contribution in [2.75, 3.05) is 0 Å². The maximum Gasteiger partial charge on any atom is 0.332 e. The molecule has 22 heavy (non-hydrogen) atoms. The molecule has 0 aromatic heterocycles. The molecule has 0 unspecified atom stereocenters. The fourth-order valence-electron chi connectivity index (χ4n) is 2.39. The van der Waals surface area contributed by atoms with Crippen molar-refractivity contribution in [3.05, 3.63) is 33.9 Å². The highest BCUT2D eigenvalue weighted by molar-refractivity contribution is 8.00. The molecular formula is C14H18N4O3S. The minimum Gasteiger partial charge on any atom is -0.350 e. The highest BCUT2D eigenvalue weighted by Crippen LogP contribution is 2.35. The second-order valence-electron chi connectivity index (χ2n) is 5.09. The van der Waals surface area contributed by atoms with Crippen LogP contribution in [-0.4, -0.2) is 22.4 Å². The maximum atomic E-state index is 10.9. The van der Waals surface area contributed by atoms with E-state index in [-0.39, 0.29) is 5.69 Å². The normalized spacial score (nSPS) is 15.8. The molecule has 1 aromatic rings. The molecule has 118 valence electrons. The number of hydrogen-bond acceptors (Lipinski definition) is 5. The van der Waals surface area contributed by atoms with Crippen molar-refractivity contribution in [1.82, 2.24) is 5.43 Å². The Bertz CT molecular complexity index is 585. The van der Waals surface area contributed by atoms with E-state index >= 15 is 0 Å². The van der Waals surface area contributed by atoms with Crippen LogP contribution in [0.1, 0.15) is 37.7 Å². The molecule has 0 heterocycles. The summed E-state index contributed by atoms with van der Waals surface area (Å²) in [6, 6.07) is 3.91. The quantitative estimate of drug-likeness (QED) is 0.493. The lowest BCUT2D eigenvalue weighted by Gasteiger charge is -2.21. The van der Waals surface area contributed by atoms with Crippen molar-refractivity contribution in [3.63, 3.8) is 0 Å². The zero-order valence-electron chi connectivity index (χ0n) is 12.0. The molecule has 7 nitrogen and oxygen atoms in total. The molecule has 2 rings (SSSR count). The van der Waals surface area contributed by atoms with E-state index < -0.39 is 11.0 Å². The van der Waals surface area contributed by atoms with Gasteiger partial charge in [-0.3, -0.25) is 10.1 Å². The van der Waals surface area contributed by atoms with Crippen LogP contribution in [0.2, 0.25) is 0 Å². The zero-order valence-corrected chi connectivity index (χ0v) is 12.8. The molecule has 2 amide bonds. The van der Waals surface area contributed by atoms with Gasteiger partial charge in [-0.15, -0.1) is 11.8 Å². The first-order valence-electron chi connectivity index (χ1n) is 7.10. The number of thioether (sulfide) groups is 1. The number of primary amides is 1. The number of hydrazone groups is 1. The number of non-ortho nitro benzene ring substituents is 1. The predicted octanol–water partition coefficient (Wildman–Crippen LogP) is 3.02. The molecule has 0 saturated heterocycles. The van der Waals surface area contributed by atoms with Crippen LogP contribution in [0.25, 0.3) is 0 Å². The monoisotopic (exact) mass is 322 g/mol. The summed E-state index contributed by atoms with van der Waals surface area (Å²) in [4.78, 5) is 22.0. The SMILES string of the molecule is NC(=O)NN=Cc1cc([N+](=O)[O-])ccc1SC1CCCCC1. The van der Waals surface area contributed by atoms with Crippen molar-refractivity contribution in [3.8, 4) is 0 Å². The minimum atomic E-state index is -0.775. The van der Waals surface area contributed by atoms with Crippen molar-refractivity contribution < 1.29 is 9.72 Å². The average molecular weight is 322 g/mol. The van der Waals surface area contributed by atoms with Crippen LogP contribution >= 0.6 is 11.8 Å². The third-order valence-electron chi connectivity index (χ3n) is 3.43. The molecule has 0 radical (unpaired) electrons. The number of urea groups is 1. The molecule has 1 aromatic carbocycles. The molecule has 0 atom stereocenters. The largest absolute Gasteiger partial charge is 0.350 e. The van der Waals surface area contributed by atoms with E-state index in [1.54, 1.807) is 17.8 Å². The van der Waals surface area contributed by atoms with Crippen LogP contribution in [0.3, 0.4) is 0 Å². The number of benzene rings is 1. The number of nitro benzene ring substituents is 1. The highest BCUT2D eigenvalue weighted by Gasteiger charge is 2.17. The zero-order chi connectivity index (χ0) is 15.9. The van der Waals surface area contributed by atoms with Crippen molar-refractivity contribution >= 4 is 29.7 Å². The summed E-state index contributed by atoms with van der Waals surface area (Å²) in [5.41, 5.74) is 7.65. The first-order chi connectivity index (χ1) is 10.6. The van der Waals surface area contributed by atoms with E-state index in [0.717, 1.165) is 17.7 Å². The van der Waals surface area contributed by atoms with Crippen LogP contribution in [0.4, 0.5) is 10.5 Å². The van der Waals surface area contributed by atoms with Crippen LogP contribution in [0.15, 0.2) is 28.2 Å². The fourth-order valence-corrected chi connectivity index (χ4v) is 3.71. The maximum absolute atomic E-state index is 10.9. The van der Waals surface area contributed by atoms with Crippen LogP contribution < -0.4 is 11.2 Å². The predicted molar refractivity (Wildman–Crippen MR) is 86.1 cm³/mol. The van der Waals surface area contributed by atoms with Crippen LogP contribution in [0, 0.1) is 10.1 Å². The van der Waals surface area contributed by atoms with Gasteiger partial charge in [-0.1, -0.05) is 19.3 Å². The molecule has 0 spiro atoms. The van der Waals surface area contributed by atoms with Crippen molar-refractivity contribution in [1.29, 1.82) is 0 Å². The Morgan fingerprint density at radius 3 is 2.77 bits per heavy atom. The van der Waals surface area contributed by atoms with Gasteiger partial charge in [0.05, 0.1) is 11.1 Å². The van der Waals surface area contributed by atoms with Crippen molar-refractivity contribution in [2.24, 2.45) is 10.8 Å². The minimum absolute atomic E-state index is 0.00600. The number of nitro groups is 1. The lowest BCUT2D eigenvalue weighted by atomic mass is 10.0. The molecular weight excluding hydrogens is 304 g/mol. The number of nitrogens with two attached hydrogens (primary N) is 1. The molecule has 3 N–H and O–H groups in total. The molecule has 1 aliphatic carbocycles. The number of rotatable bonds is 5. The summed E-state index contributed by atoms with van der Waals surface area (Å²) in [5.74, 6) is 0. The second kappa shape index (κ2) is 7.79. The summed E-state index contributed by atoms with van der Waals surface area (Å²) in [7, 11) is 0. The van der Waals surface area contributed by atoms with E-state index in [2.05, 4.69) is 10.5 Å². The van der Waals surface area contributed by atoms with E-state index in [1.807, 2.05) is 0 Å². The Hall–Kier alpha value is -2.09. The summed E-state index contributed by atoms with van der Waals surface area (Å²) < 4.78 is 0. The number of amides is 2. The Morgan fingerprint density at radius 2 is 2.14 bits per heavy atom. The summed E-state index contributed by atoms with van der Waals surface area (Å²) >= 11 is 1.71. The third-order valence-corrected chi connectivity index (χ3v) is 4.86. The number of carbonyl (C=O) groups excluding carboxylic acids is 1. The van der Waals surface area contributed by atoms with Crippen LogP contribution in [-0.2, 0) is 0 Å². The van der Waals surface area contributed by atoms with Gasteiger partial charge in [0.25, 0.3) is 5.69 Å². The van der Waals surface area contributed by atoms with Gasteiger partial charge in [0, 0.05) is 27.8 Å². The van der Waals surface area contributed by atoms with Gasteiger partial charge < -0.3 is 5.73 Å². The molecule has 0 bridgehead atoms. The van der Waals surface area contributed by atoms with Gasteiger partial charge >= 0.3 is 6.03 Å². The van der Waals surface area contributed by atoms with Crippen molar-refractivity contribution in [2.45, 2.75) is 42.2 Å². The molecule has 8 heteroatoms. The summed E-state index contributed by atoms with van der Waals surface area (Å²) in [6.07, 6.45) is 7.40.